The highest BCUT2D eigenvalue weighted by Crippen LogP contribution is 2.25. The molecule has 1 aliphatic rings. The normalized spacial score (nSPS) is 15.4. The average Bonchev–Trinajstić information content (AvgIpc) is 2.36. The van der Waals surface area contributed by atoms with Gasteiger partial charge in [-0.15, -0.1) is 0 Å². The van der Waals surface area contributed by atoms with Crippen molar-refractivity contribution in [1.82, 2.24) is 0 Å². The predicted octanol–water partition coefficient (Wildman–Crippen LogP) is 1.64. The molecule has 1 aliphatic heterocycles. The Kier molecular flexibility index (Phi) is 4.16. The van der Waals surface area contributed by atoms with Gasteiger partial charge in [0.1, 0.15) is 0 Å². The molecule has 0 saturated heterocycles. The highest BCUT2D eigenvalue weighted by atomic mass is 16.2. The maximum Gasteiger partial charge on any atom is 0.224 e. The van der Waals surface area contributed by atoms with E-state index in [4.69, 9.17) is 5.73 Å². The van der Waals surface area contributed by atoms with Crippen molar-refractivity contribution in [2.24, 2.45) is 5.73 Å². The summed E-state index contributed by atoms with van der Waals surface area (Å²) < 4.78 is 0. The van der Waals surface area contributed by atoms with Crippen LogP contribution in [0, 0.1) is 0 Å². The molecular weight excluding hydrogens is 242 g/mol. The molecule has 1 aromatic rings. The summed E-state index contributed by atoms with van der Waals surface area (Å²) in [6.07, 6.45) is 2.34. The van der Waals surface area contributed by atoms with Crippen molar-refractivity contribution >= 4 is 23.2 Å². The quantitative estimate of drug-likeness (QED) is 0.770. The van der Waals surface area contributed by atoms with Crippen LogP contribution in [0.4, 0.5) is 11.4 Å². The minimum atomic E-state index is -0.0561. The lowest BCUT2D eigenvalue weighted by Crippen LogP contribution is -2.21. The first-order chi connectivity index (χ1) is 9.04. The van der Waals surface area contributed by atoms with E-state index in [9.17, 15) is 9.59 Å². The number of nitrogens with one attached hydrogen (secondary N) is 2. The Morgan fingerprint density at radius 1 is 1.47 bits per heavy atom. The number of amides is 2. The third-order valence-corrected chi connectivity index (χ3v) is 3.12. The van der Waals surface area contributed by atoms with Crippen molar-refractivity contribution in [2.75, 3.05) is 10.6 Å². The van der Waals surface area contributed by atoms with E-state index in [1.165, 1.54) is 0 Å². The van der Waals surface area contributed by atoms with Crippen LogP contribution < -0.4 is 16.4 Å². The Hall–Kier alpha value is -1.88. The molecule has 0 spiro atoms. The number of aryl methyl sites for hydroxylation is 1. The third kappa shape index (κ3) is 3.79. The molecule has 2 amide bonds. The van der Waals surface area contributed by atoms with Crippen molar-refractivity contribution < 1.29 is 9.59 Å². The van der Waals surface area contributed by atoms with E-state index in [-0.39, 0.29) is 17.9 Å². The van der Waals surface area contributed by atoms with Gasteiger partial charge in [-0.25, -0.2) is 0 Å². The molecule has 2 rings (SSSR count). The second-order valence-electron chi connectivity index (χ2n) is 4.98. The second kappa shape index (κ2) is 5.84. The van der Waals surface area contributed by atoms with E-state index in [1.54, 1.807) is 6.07 Å². The monoisotopic (exact) mass is 261 g/mol. The van der Waals surface area contributed by atoms with Gasteiger partial charge in [0.25, 0.3) is 0 Å². The summed E-state index contributed by atoms with van der Waals surface area (Å²) in [4.78, 5) is 23.0. The van der Waals surface area contributed by atoms with Crippen LogP contribution >= 0.6 is 0 Å². The number of carbonyl (C=O) groups is 2. The number of carbonyl (C=O) groups excluding carboxylic acids is 2. The highest BCUT2D eigenvalue weighted by molar-refractivity contribution is 5.96. The molecule has 5 heteroatoms. The first-order valence-corrected chi connectivity index (χ1v) is 6.53. The minimum Gasteiger partial charge on any atom is -0.328 e. The summed E-state index contributed by atoms with van der Waals surface area (Å²) in [6.45, 7) is 1.88. The molecule has 0 saturated carbocycles. The van der Waals surface area contributed by atoms with Crippen LogP contribution in [-0.2, 0) is 16.0 Å². The van der Waals surface area contributed by atoms with Gasteiger partial charge < -0.3 is 16.4 Å². The van der Waals surface area contributed by atoms with E-state index in [2.05, 4.69) is 10.6 Å². The lowest BCUT2D eigenvalue weighted by molar-refractivity contribution is -0.117. The van der Waals surface area contributed by atoms with Crippen LogP contribution in [-0.4, -0.2) is 17.9 Å². The van der Waals surface area contributed by atoms with Gasteiger partial charge in [-0.3, -0.25) is 9.59 Å². The van der Waals surface area contributed by atoms with E-state index >= 15 is 0 Å². The SMILES string of the molecule is CC(N)CCC(=O)Nc1ccc2c(c1)NC(=O)CC2. The van der Waals surface area contributed by atoms with Crippen LogP contribution in [0.25, 0.3) is 0 Å². The smallest absolute Gasteiger partial charge is 0.224 e. The maximum absolute atomic E-state index is 11.7. The Balaban J connectivity index is 2.00. The summed E-state index contributed by atoms with van der Waals surface area (Å²) in [5.74, 6) is -0.0349. The van der Waals surface area contributed by atoms with Crippen LogP contribution in [0.1, 0.15) is 31.7 Å². The highest BCUT2D eigenvalue weighted by Gasteiger charge is 2.15. The number of nitrogens with two attached hydrogens (primary N) is 1. The molecule has 5 nitrogen and oxygen atoms in total. The summed E-state index contributed by atoms with van der Waals surface area (Å²) in [7, 11) is 0. The van der Waals surface area contributed by atoms with Crippen LogP contribution in [0.5, 0.6) is 0 Å². The molecule has 0 radical (unpaired) electrons. The minimum absolute atomic E-state index is 0.0212. The first kappa shape index (κ1) is 13.5. The van der Waals surface area contributed by atoms with E-state index in [0.29, 0.717) is 24.9 Å². The van der Waals surface area contributed by atoms with Crippen molar-refractivity contribution in [3.63, 3.8) is 0 Å². The van der Waals surface area contributed by atoms with Gasteiger partial charge in [-0.05, 0) is 37.5 Å². The summed E-state index contributed by atoms with van der Waals surface area (Å²) in [5.41, 5.74) is 8.21. The number of fused-ring (bicyclic) bond motifs is 1. The Labute approximate surface area is 112 Å². The zero-order valence-electron chi connectivity index (χ0n) is 11.0. The first-order valence-electron chi connectivity index (χ1n) is 6.53. The number of rotatable bonds is 4. The molecule has 1 atom stereocenters. The lowest BCUT2D eigenvalue weighted by Gasteiger charge is -2.17. The molecular formula is C14H19N3O2. The molecule has 0 fully saturated rings. The number of hydrogen-bond acceptors (Lipinski definition) is 3. The topological polar surface area (TPSA) is 84.2 Å². The molecule has 0 aliphatic carbocycles. The van der Waals surface area contributed by atoms with Gasteiger partial charge in [0.15, 0.2) is 0 Å². The largest absolute Gasteiger partial charge is 0.328 e. The van der Waals surface area contributed by atoms with Gasteiger partial charge in [0, 0.05) is 30.3 Å². The summed E-state index contributed by atoms with van der Waals surface area (Å²) in [6, 6.07) is 5.63. The van der Waals surface area contributed by atoms with Crippen molar-refractivity contribution in [1.29, 1.82) is 0 Å². The van der Waals surface area contributed by atoms with Gasteiger partial charge >= 0.3 is 0 Å². The molecule has 0 bridgehead atoms. The van der Waals surface area contributed by atoms with Gasteiger partial charge in [-0.2, -0.15) is 0 Å². The van der Waals surface area contributed by atoms with Gasteiger partial charge in [0.05, 0.1) is 0 Å². The third-order valence-electron chi connectivity index (χ3n) is 3.12. The van der Waals surface area contributed by atoms with Crippen LogP contribution in [0.3, 0.4) is 0 Å². The van der Waals surface area contributed by atoms with Crippen molar-refractivity contribution in [2.45, 2.75) is 38.6 Å². The number of anilines is 2. The molecule has 4 N–H and O–H groups in total. The Bertz CT molecular complexity index is 497. The standard InChI is InChI=1S/C14H19N3O2/c1-9(15)2-6-13(18)16-11-5-3-10-4-7-14(19)17-12(10)8-11/h3,5,8-9H,2,4,6-7,15H2,1H3,(H,16,18)(H,17,19). The molecule has 1 heterocycles. The second-order valence-corrected chi connectivity index (χ2v) is 4.98. The average molecular weight is 261 g/mol. The fourth-order valence-electron chi connectivity index (χ4n) is 2.03. The van der Waals surface area contributed by atoms with Crippen LogP contribution in [0.2, 0.25) is 0 Å². The van der Waals surface area contributed by atoms with Crippen molar-refractivity contribution in [3.05, 3.63) is 23.8 Å². The molecule has 1 unspecified atom stereocenters. The number of benzene rings is 1. The van der Waals surface area contributed by atoms with E-state index in [0.717, 1.165) is 17.7 Å². The Morgan fingerprint density at radius 3 is 3.00 bits per heavy atom. The zero-order valence-corrected chi connectivity index (χ0v) is 11.0. The zero-order chi connectivity index (χ0) is 13.8. The molecule has 0 aromatic heterocycles. The molecule has 1 aromatic carbocycles. The fourth-order valence-corrected chi connectivity index (χ4v) is 2.03. The summed E-state index contributed by atoms with van der Waals surface area (Å²) in [5, 5.41) is 5.63. The van der Waals surface area contributed by atoms with E-state index < -0.39 is 0 Å². The fraction of sp³-hybridized carbons (Fsp3) is 0.429. The van der Waals surface area contributed by atoms with Crippen LogP contribution in [0.15, 0.2) is 18.2 Å². The van der Waals surface area contributed by atoms with E-state index in [1.807, 2.05) is 19.1 Å². The summed E-state index contributed by atoms with van der Waals surface area (Å²) >= 11 is 0. The lowest BCUT2D eigenvalue weighted by atomic mass is 10.0. The Morgan fingerprint density at radius 2 is 2.26 bits per heavy atom. The molecule has 19 heavy (non-hydrogen) atoms. The van der Waals surface area contributed by atoms with Gasteiger partial charge in [-0.1, -0.05) is 6.07 Å². The molecule has 102 valence electrons. The number of hydrogen-bond donors (Lipinski definition) is 3. The predicted molar refractivity (Wildman–Crippen MR) is 74.9 cm³/mol. The van der Waals surface area contributed by atoms with Gasteiger partial charge in [0.2, 0.25) is 11.8 Å². The maximum atomic E-state index is 11.7. The van der Waals surface area contributed by atoms with Crippen molar-refractivity contribution in [3.8, 4) is 0 Å².